The molecule has 0 aliphatic heterocycles. The number of fused-ring (bicyclic) bond motifs is 1. The van der Waals surface area contributed by atoms with Crippen molar-refractivity contribution >= 4 is 32.7 Å². The number of nitrogens with two attached hydrogens (primary N) is 1. The van der Waals surface area contributed by atoms with E-state index in [1.54, 1.807) is 0 Å². The molecule has 19 heavy (non-hydrogen) atoms. The molecule has 0 atom stereocenters. The number of anilines is 1. The highest BCUT2D eigenvalue weighted by molar-refractivity contribution is 9.10. The maximum absolute atomic E-state index is 5.77. The highest BCUT2D eigenvalue weighted by Crippen LogP contribution is 2.23. The van der Waals surface area contributed by atoms with Crippen molar-refractivity contribution in [1.82, 2.24) is 9.55 Å². The third kappa shape index (κ3) is 2.24. The van der Waals surface area contributed by atoms with E-state index in [0.29, 0.717) is 0 Å². The van der Waals surface area contributed by atoms with Crippen LogP contribution in [-0.4, -0.2) is 9.55 Å². The monoisotopic (exact) mass is 315 g/mol. The lowest BCUT2D eigenvalue weighted by Crippen LogP contribution is -2.03. The van der Waals surface area contributed by atoms with E-state index in [4.69, 9.17) is 5.73 Å². The van der Waals surface area contributed by atoms with Gasteiger partial charge in [-0.05, 0) is 36.8 Å². The molecule has 0 amide bonds. The van der Waals surface area contributed by atoms with Gasteiger partial charge in [0.15, 0.2) is 0 Å². The minimum atomic E-state index is 0.767. The number of hydrogen-bond acceptors (Lipinski definition) is 2. The number of nitrogens with zero attached hydrogens (tertiary/aromatic N) is 2. The van der Waals surface area contributed by atoms with E-state index < -0.39 is 0 Å². The Hall–Kier alpha value is -1.81. The zero-order valence-electron chi connectivity index (χ0n) is 10.6. The number of aromatic nitrogens is 2. The van der Waals surface area contributed by atoms with Gasteiger partial charge in [-0.2, -0.15) is 0 Å². The molecule has 0 saturated heterocycles. The van der Waals surface area contributed by atoms with Crippen LogP contribution in [0.2, 0.25) is 0 Å². The van der Waals surface area contributed by atoms with Crippen LogP contribution < -0.4 is 5.73 Å². The normalized spacial score (nSPS) is 11.1. The highest BCUT2D eigenvalue weighted by atomic mass is 79.9. The van der Waals surface area contributed by atoms with Gasteiger partial charge in [-0.3, -0.25) is 0 Å². The Morgan fingerprint density at radius 3 is 2.79 bits per heavy atom. The van der Waals surface area contributed by atoms with Crippen molar-refractivity contribution in [3.05, 3.63) is 58.3 Å². The molecule has 0 fully saturated rings. The SMILES string of the molecule is Cc1nc2ccccc2n1Cc1ccc(N)cc1Br. The largest absolute Gasteiger partial charge is 0.399 e. The number of hydrogen-bond donors (Lipinski definition) is 1. The van der Waals surface area contributed by atoms with E-state index in [-0.39, 0.29) is 0 Å². The Balaban J connectivity index is 2.08. The van der Waals surface area contributed by atoms with Gasteiger partial charge in [-0.1, -0.05) is 34.1 Å². The van der Waals surface area contributed by atoms with Gasteiger partial charge in [0, 0.05) is 10.2 Å². The fourth-order valence-corrected chi connectivity index (χ4v) is 2.78. The van der Waals surface area contributed by atoms with E-state index >= 15 is 0 Å². The van der Waals surface area contributed by atoms with Crippen LogP contribution in [-0.2, 0) is 6.54 Å². The third-order valence-electron chi connectivity index (χ3n) is 3.25. The molecule has 4 heteroatoms. The predicted molar refractivity (Wildman–Crippen MR) is 82.1 cm³/mol. The van der Waals surface area contributed by atoms with Crippen molar-refractivity contribution in [2.75, 3.05) is 5.73 Å². The second-order valence-corrected chi connectivity index (χ2v) is 5.44. The van der Waals surface area contributed by atoms with Crippen LogP contribution in [0.5, 0.6) is 0 Å². The van der Waals surface area contributed by atoms with Crippen LogP contribution in [0, 0.1) is 6.92 Å². The average molecular weight is 316 g/mol. The zero-order chi connectivity index (χ0) is 13.4. The topological polar surface area (TPSA) is 43.8 Å². The molecule has 2 aromatic carbocycles. The minimum Gasteiger partial charge on any atom is -0.399 e. The van der Waals surface area contributed by atoms with Gasteiger partial charge in [0.2, 0.25) is 0 Å². The minimum absolute atomic E-state index is 0.767. The lowest BCUT2D eigenvalue weighted by Gasteiger charge is -2.09. The first-order valence-electron chi connectivity index (χ1n) is 6.11. The fourth-order valence-electron chi connectivity index (χ4n) is 2.26. The van der Waals surface area contributed by atoms with Crippen LogP contribution in [0.25, 0.3) is 11.0 Å². The van der Waals surface area contributed by atoms with Crippen molar-refractivity contribution < 1.29 is 0 Å². The lowest BCUT2D eigenvalue weighted by molar-refractivity contribution is 0.783. The number of aryl methyl sites for hydroxylation is 1. The number of halogens is 1. The van der Waals surface area contributed by atoms with Crippen molar-refractivity contribution in [3.63, 3.8) is 0 Å². The van der Waals surface area contributed by atoms with E-state index in [1.165, 1.54) is 5.56 Å². The maximum atomic E-state index is 5.77. The summed E-state index contributed by atoms with van der Waals surface area (Å²) in [7, 11) is 0. The van der Waals surface area contributed by atoms with Crippen molar-refractivity contribution in [2.24, 2.45) is 0 Å². The van der Waals surface area contributed by atoms with Crippen molar-refractivity contribution in [1.29, 1.82) is 0 Å². The first-order valence-corrected chi connectivity index (χ1v) is 6.90. The molecule has 2 N–H and O–H groups in total. The van der Waals surface area contributed by atoms with Crippen molar-refractivity contribution in [2.45, 2.75) is 13.5 Å². The van der Waals surface area contributed by atoms with Gasteiger partial charge in [0.1, 0.15) is 5.82 Å². The van der Waals surface area contributed by atoms with Crippen molar-refractivity contribution in [3.8, 4) is 0 Å². The Kier molecular flexibility index (Phi) is 3.03. The Morgan fingerprint density at radius 1 is 1.21 bits per heavy atom. The maximum Gasteiger partial charge on any atom is 0.107 e. The Bertz CT molecular complexity index is 746. The molecule has 0 aliphatic rings. The Morgan fingerprint density at radius 2 is 2.00 bits per heavy atom. The molecule has 0 bridgehead atoms. The first kappa shape index (κ1) is 12.2. The molecule has 1 heterocycles. The van der Waals surface area contributed by atoms with Crippen LogP contribution in [0.4, 0.5) is 5.69 Å². The molecule has 0 spiro atoms. The third-order valence-corrected chi connectivity index (χ3v) is 3.99. The van der Waals surface area contributed by atoms with E-state index in [0.717, 1.165) is 33.6 Å². The molecule has 3 aromatic rings. The molecule has 0 unspecified atom stereocenters. The van der Waals surface area contributed by atoms with Gasteiger partial charge in [0.25, 0.3) is 0 Å². The zero-order valence-corrected chi connectivity index (χ0v) is 12.2. The summed E-state index contributed by atoms with van der Waals surface area (Å²) in [6.07, 6.45) is 0. The standard InChI is InChI=1S/C15H14BrN3/c1-10-18-14-4-2-3-5-15(14)19(10)9-11-6-7-12(17)8-13(11)16/h2-8H,9,17H2,1H3. The Labute approximate surface area is 120 Å². The molecule has 0 aliphatic carbocycles. The second-order valence-electron chi connectivity index (χ2n) is 4.58. The smallest absolute Gasteiger partial charge is 0.107 e. The molecular weight excluding hydrogens is 302 g/mol. The van der Waals surface area contributed by atoms with Gasteiger partial charge >= 0.3 is 0 Å². The van der Waals surface area contributed by atoms with Crippen LogP contribution >= 0.6 is 15.9 Å². The highest BCUT2D eigenvalue weighted by Gasteiger charge is 2.08. The van der Waals surface area contributed by atoms with Gasteiger partial charge in [0.05, 0.1) is 17.6 Å². The summed E-state index contributed by atoms with van der Waals surface area (Å²) < 4.78 is 3.25. The molecule has 0 saturated carbocycles. The summed E-state index contributed by atoms with van der Waals surface area (Å²) in [6, 6.07) is 14.1. The summed E-state index contributed by atoms with van der Waals surface area (Å²) in [5, 5.41) is 0. The summed E-state index contributed by atoms with van der Waals surface area (Å²) in [5.41, 5.74) is 9.92. The summed E-state index contributed by atoms with van der Waals surface area (Å²) >= 11 is 3.57. The van der Waals surface area contributed by atoms with Gasteiger partial charge < -0.3 is 10.3 Å². The lowest BCUT2D eigenvalue weighted by atomic mass is 10.2. The summed E-state index contributed by atoms with van der Waals surface area (Å²) in [6.45, 7) is 2.82. The van der Waals surface area contributed by atoms with Crippen LogP contribution in [0.1, 0.15) is 11.4 Å². The van der Waals surface area contributed by atoms with E-state index in [9.17, 15) is 0 Å². The quantitative estimate of drug-likeness (QED) is 0.732. The van der Waals surface area contributed by atoms with Crippen LogP contribution in [0.15, 0.2) is 46.9 Å². The number of imidazole rings is 1. The number of rotatable bonds is 2. The fraction of sp³-hybridized carbons (Fsp3) is 0.133. The predicted octanol–water partition coefficient (Wildman–Crippen LogP) is 3.74. The second kappa shape index (κ2) is 4.70. The number of nitrogen functional groups attached to an aromatic ring is 1. The summed E-state index contributed by atoms with van der Waals surface area (Å²) in [4.78, 5) is 4.58. The van der Waals surface area contributed by atoms with Crippen LogP contribution in [0.3, 0.4) is 0 Å². The molecule has 1 aromatic heterocycles. The number of benzene rings is 2. The molecule has 3 rings (SSSR count). The average Bonchev–Trinajstić information content (AvgIpc) is 2.69. The van der Waals surface area contributed by atoms with Gasteiger partial charge in [-0.25, -0.2) is 4.98 Å². The molecule has 0 radical (unpaired) electrons. The van der Waals surface area contributed by atoms with E-state index in [2.05, 4.69) is 31.5 Å². The first-order chi connectivity index (χ1) is 9.15. The molecule has 96 valence electrons. The summed E-state index contributed by atoms with van der Waals surface area (Å²) in [5.74, 6) is 1.02. The molecular formula is C15H14BrN3. The van der Waals surface area contributed by atoms with E-state index in [1.807, 2.05) is 43.3 Å². The number of para-hydroxylation sites is 2. The molecule has 3 nitrogen and oxygen atoms in total. The van der Waals surface area contributed by atoms with Gasteiger partial charge in [-0.15, -0.1) is 0 Å².